The molecule has 0 radical (unpaired) electrons. The molecule has 7 heteroatoms. The molecule has 2 N–H and O–H groups in total. The van der Waals surface area contributed by atoms with Gasteiger partial charge in [0.15, 0.2) is 0 Å². The molecule has 0 aliphatic carbocycles. The van der Waals surface area contributed by atoms with Crippen molar-refractivity contribution in [3.63, 3.8) is 0 Å². The fourth-order valence-corrected chi connectivity index (χ4v) is 2.63. The van der Waals surface area contributed by atoms with Gasteiger partial charge in [0, 0.05) is 17.5 Å². The Balaban J connectivity index is 1.95. The SMILES string of the molecule is CCCNC(=O)CNC(=O)c1csc(-c2ccc(OC)cc2)n1. The number of aromatic nitrogens is 1. The molecule has 2 aromatic rings. The maximum Gasteiger partial charge on any atom is 0.271 e. The summed E-state index contributed by atoms with van der Waals surface area (Å²) in [5.41, 5.74) is 1.22. The summed E-state index contributed by atoms with van der Waals surface area (Å²) in [6.07, 6.45) is 0.858. The van der Waals surface area contributed by atoms with Crippen molar-refractivity contribution in [1.82, 2.24) is 15.6 Å². The summed E-state index contributed by atoms with van der Waals surface area (Å²) in [6, 6.07) is 7.46. The average molecular weight is 333 g/mol. The number of thiazole rings is 1. The first-order valence-corrected chi connectivity index (χ1v) is 8.17. The van der Waals surface area contributed by atoms with Gasteiger partial charge in [-0.3, -0.25) is 9.59 Å². The third kappa shape index (κ3) is 4.79. The van der Waals surface area contributed by atoms with E-state index in [-0.39, 0.29) is 18.4 Å². The number of benzene rings is 1. The van der Waals surface area contributed by atoms with E-state index in [1.807, 2.05) is 31.2 Å². The minimum absolute atomic E-state index is 0.0474. The van der Waals surface area contributed by atoms with Crippen LogP contribution in [0.4, 0.5) is 0 Å². The van der Waals surface area contributed by atoms with Crippen LogP contribution < -0.4 is 15.4 Å². The Morgan fingerprint density at radius 2 is 1.96 bits per heavy atom. The van der Waals surface area contributed by atoms with Crippen molar-refractivity contribution in [2.45, 2.75) is 13.3 Å². The number of methoxy groups -OCH3 is 1. The number of ether oxygens (including phenoxy) is 1. The summed E-state index contributed by atoms with van der Waals surface area (Å²) in [4.78, 5) is 27.8. The maximum atomic E-state index is 12.0. The normalized spacial score (nSPS) is 10.2. The first kappa shape index (κ1) is 17.0. The van der Waals surface area contributed by atoms with Gasteiger partial charge >= 0.3 is 0 Å². The van der Waals surface area contributed by atoms with Gasteiger partial charge < -0.3 is 15.4 Å². The van der Waals surface area contributed by atoms with Gasteiger partial charge in [-0.15, -0.1) is 11.3 Å². The third-order valence-corrected chi connectivity index (χ3v) is 3.95. The molecule has 0 bridgehead atoms. The lowest BCUT2D eigenvalue weighted by molar-refractivity contribution is -0.120. The van der Waals surface area contributed by atoms with Gasteiger partial charge in [-0.1, -0.05) is 6.92 Å². The molecule has 2 rings (SSSR count). The predicted molar refractivity (Wildman–Crippen MR) is 89.7 cm³/mol. The average Bonchev–Trinajstić information content (AvgIpc) is 3.08. The highest BCUT2D eigenvalue weighted by Crippen LogP contribution is 2.25. The van der Waals surface area contributed by atoms with Crippen LogP contribution in [0, 0.1) is 0 Å². The van der Waals surface area contributed by atoms with E-state index in [9.17, 15) is 9.59 Å². The van der Waals surface area contributed by atoms with Crippen molar-refractivity contribution in [2.75, 3.05) is 20.2 Å². The maximum absolute atomic E-state index is 12.0. The number of rotatable bonds is 7. The molecule has 1 heterocycles. The Morgan fingerprint density at radius 3 is 2.61 bits per heavy atom. The van der Waals surface area contributed by atoms with Crippen LogP contribution >= 0.6 is 11.3 Å². The molecule has 1 aromatic heterocycles. The fraction of sp³-hybridized carbons (Fsp3) is 0.312. The Bertz CT molecular complexity index is 667. The van der Waals surface area contributed by atoms with Gasteiger partial charge in [-0.05, 0) is 30.7 Å². The molecule has 6 nitrogen and oxygen atoms in total. The summed E-state index contributed by atoms with van der Waals surface area (Å²) < 4.78 is 5.11. The van der Waals surface area contributed by atoms with E-state index in [4.69, 9.17) is 4.74 Å². The summed E-state index contributed by atoms with van der Waals surface area (Å²) in [5, 5.41) is 7.68. The molecule has 2 amide bonds. The number of carbonyl (C=O) groups is 2. The molecule has 0 unspecified atom stereocenters. The molecule has 0 saturated carbocycles. The van der Waals surface area contributed by atoms with E-state index in [1.54, 1.807) is 12.5 Å². The largest absolute Gasteiger partial charge is 0.497 e. The highest BCUT2D eigenvalue weighted by atomic mass is 32.1. The minimum atomic E-state index is -0.354. The first-order chi connectivity index (χ1) is 11.1. The minimum Gasteiger partial charge on any atom is -0.497 e. The lowest BCUT2D eigenvalue weighted by Crippen LogP contribution is -2.37. The second-order valence-electron chi connectivity index (χ2n) is 4.80. The van der Waals surface area contributed by atoms with Crippen molar-refractivity contribution in [3.8, 4) is 16.3 Å². The molecule has 0 atom stereocenters. The molecular weight excluding hydrogens is 314 g/mol. The van der Waals surface area contributed by atoms with Crippen LogP contribution in [-0.2, 0) is 4.79 Å². The lowest BCUT2D eigenvalue weighted by atomic mass is 10.2. The zero-order chi connectivity index (χ0) is 16.7. The predicted octanol–water partition coefficient (Wildman–Crippen LogP) is 2.07. The summed E-state index contributed by atoms with van der Waals surface area (Å²) in [5.74, 6) is 0.208. The van der Waals surface area contributed by atoms with Crippen molar-refractivity contribution in [3.05, 3.63) is 35.3 Å². The number of nitrogens with one attached hydrogen (secondary N) is 2. The number of hydrogen-bond donors (Lipinski definition) is 2. The van der Waals surface area contributed by atoms with E-state index in [2.05, 4.69) is 15.6 Å². The van der Waals surface area contributed by atoms with E-state index < -0.39 is 0 Å². The van der Waals surface area contributed by atoms with Crippen LogP contribution in [0.3, 0.4) is 0 Å². The topological polar surface area (TPSA) is 80.3 Å². The Labute approximate surface area is 138 Å². The second-order valence-corrected chi connectivity index (χ2v) is 5.66. The molecule has 0 aliphatic rings. The van der Waals surface area contributed by atoms with Crippen molar-refractivity contribution in [1.29, 1.82) is 0 Å². The van der Waals surface area contributed by atoms with Crippen LogP contribution in [-0.4, -0.2) is 37.0 Å². The highest BCUT2D eigenvalue weighted by Gasteiger charge is 2.13. The molecule has 0 aliphatic heterocycles. The molecule has 23 heavy (non-hydrogen) atoms. The summed E-state index contributed by atoms with van der Waals surface area (Å²) in [6.45, 7) is 2.52. The van der Waals surface area contributed by atoms with Crippen LogP contribution in [0.2, 0.25) is 0 Å². The van der Waals surface area contributed by atoms with Crippen LogP contribution in [0.15, 0.2) is 29.6 Å². The van der Waals surface area contributed by atoms with Gasteiger partial charge in [0.05, 0.1) is 13.7 Å². The molecular formula is C16H19N3O3S. The number of hydrogen-bond acceptors (Lipinski definition) is 5. The van der Waals surface area contributed by atoms with E-state index in [0.29, 0.717) is 12.2 Å². The van der Waals surface area contributed by atoms with Crippen molar-refractivity contribution < 1.29 is 14.3 Å². The van der Waals surface area contributed by atoms with Gasteiger partial charge in [0.1, 0.15) is 16.5 Å². The van der Waals surface area contributed by atoms with E-state index in [1.165, 1.54) is 11.3 Å². The number of nitrogens with zero attached hydrogens (tertiary/aromatic N) is 1. The van der Waals surface area contributed by atoms with Crippen LogP contribution in [0.1, 0.15) is 23.8 Å². The van der Waals surface area contributed by atoms with E-state index in [0.717, 1.165) is 22.7 Å². The molecule has 1 aromatic carbocycles. The summed E-state index contributed by atoms with van der Waals surface area (Å²) in [7, 11) is 1.61. The van der Waals surface area contributed by atoms with Gasteiger partial charge in [-0.25, -0.2) is 4.98 Å². The fourth-order valence-electron chi connectivity index (χ4n) is 1.82. The molecule has 0 spiro atoms. The Morgan fingerprint density at radius 1 is 1.22 bits per heavy atom. The molecule has 122 valence electrons. The smallest absolute Gasteiger partial charge is 0.271 e. The quantitative estimate of drug-likeness (QED) is 0.813. The van der Waals surface area contributed by atoms with Gasteiger partial charge in [0.25, 0.3) is 5.91 Å². The molecule has 0 saturated heterocycles. The van der Waals surface area contributed by atoms with Crippen LogP contribution in [0.5, 0.6) is 5.75 Å². The molecule has 0 fully saturated rings. The zero-order valence-electron chi connectivity index (χ0n) is 13.1. The monoisotopic (exact) mass is 333 g/mol. The second kappa shape index (κ2) is 8.28. The Hall–Kier alpha value is -2.41. The Kier molecular flexibility index (Phi) is 6.10. The lowest BCUT2D eigenvalue weighted by Gasteiger charge is -2.04. The zero-order valence-corrected chi connectivity index (χ0v) is 13.9. The van der Waals surface area contributed by atoms with Crippen LogP contribution in [0.25, 0.3) is 10.6 Å². The number of carbonyl (C=O) groups excluding carboxylic acids is 2. The highest BCUT2D eigenvalue weighted by molar-refractivity contribution is 7.13. The standard InChI is InChI=1S/C16H19N3O3S/c1-3-8-17-14(20)9-18-15(21)13-10-23-16(19-13)11-4-6-12(22-2)7-5-11/h4-7,10H,3,8-9H2,1-2H3,(H,17,20)(H,18,21). The van der Waals surface area contributed by atoms with Crippen molar-refractivity contribution >= 4 is 23.2 Å². The number of amides is 2. The van der Waals surface area contributed by atoms with E-state index >= 15 is 0 Å². The van der Waals surface area contributed by atoms with Crippen molar-refractivity contribution in [2.24, 2.45) is 0 Å². The third-order valence-electron chi connectivity index (χ3n) is 3.06. The van der Waals surface area contributed by atoms with Gasteiger partial charge in [0.2, 0.25) is 5.91 Å². The first-order valence-electron chi connectivity index (χ1n) is 7.29. The van der Waals surface area contributed by atoms with Gasteiger partial charge in [-0.2, -0.15) is 0 Å². The summed E-state index contributed by atoms with van der Waals surface area (Å²) >= 11 is 1.38.